The molecule has 0 saturated heterocycles. The molecule has 2 atom stereocenters. The third kappa shape index (κ3) is 3.50. The largest absolute Gasteiger partial charge is 0.465 e. The van der Waals surface area contributed by atoms with Crippen LogP contribution in [0.5, 0.6) is 0 Å². The molecule has 0 radical (unpaired) electrons. The van der Waals surface area contributed by atoms with E-state index >= 15 is 0 Å². The number of benzene rings is 1. The van der Waals surface area contributed by atoms with Crippen LogP contribution in [-0.2, 0) is 6.54 Å². The lowest BCUT2D eigenvalue weighted by Gasteiger charge is -2.06. The summed E-state index contributed by atoms with van der Waals surface area (Å²) in [5, 5.41) is 18.1. The predicted octanol–water partition coefficient (Wildman–Crippen LogP) is 2.28. The molecule has 2 unspecified atom stereocenters. The molecule has 2 amide bonds. The number of aromatic nitrogens is 2. The highest BCUT2D eigenvalue weighted by Gasteiger charge is 2.39. The van der Waals surface area contributed by atoms with Gasteiger partial charge < -0.3 is 15.7 Å². The van der Waals surface area contributed by atoms with Gasteiger partial charge in [-0.15, -0.1) is 0 Å². The van der Waals surface area contributed by atoms with Crippen molar-refractivity contribution in [3.63, 3.8) is 0 Å². The second-order valence-corrected chi connectivity index (χ2v) is 5.56. The summed E-state index contributed by atoms with van der Waals surface area (Å²) >= 11 is 0. The number of anilines is 1. The molecule has 1 aromatic heterocycles. The van der Waals surface area contributed by atoms with Gasteiger partial charge in [0.05, 0.1) is 11.9 Å². The number of carbonyl (C=O) groups excluding carboxylic acids is 1. The lowest BCUT2D eigenvalue weighted by Crippen LogP contribution is -2.24. The van der Waals surface area contributed by atoms with Gasteiger partial charge in [0, 0.05) is 30.3 Å². The Morgan fingerprint density at radius 1 is 1.43 bits per heavy atom. The maximum atomic E-state index is 12.3. The molecular formula is C16H18N4O3. The van der Waals surface area contributed by atoms with Gasteiger partial charge in [0.2, 0.25) is 0 Å². The van der Waals surface area contributed by atoms with Crippen LogP contribution in [0.15, 0.2) is 36.7 Å². The quantitative estimate of drug-likeness (QED) is 0.789. The van der Waals surface area contributed by atoms with Crippen LogP contribution in [0.3, 0.4) is 0 Å². The molecule has 7 nitrogen and oxygen atoms in total. The first-order valence-corrected chi connectivity index (χ1v) is 7.50. The van der Waals surface area contributed by atoms with Gasteiger partial charge in [0.1, 0.15) is 0 Å². The van der Waals surface area contributed by atoms with Crippen LogP contribution >= 0.6 is 0 Å². The zero-order valence-corrected chi connectivity index (χ0v) is 12.7. The zero-order valence-electron chi connectivity index (χ0n) is 12.7. The van der Waals surface area contributed by atoms with E-state index in [1.54, 1.807) is 23.1 Å². The number of nitrogens with one attached hydrogen (secondary N) is 2. The highest BCUT2D eigenvalue weighted by molar-refractivity contribution is 6.04. The summed E-state index contributed by atoms with van der Waals surface area (Å²) < 4.78 is 1.73. The molecule has 0 bridgehead atoms. The van der Waals surface area contributed by atoms with E-state index in [4.69, 9.17) is 5.11 Å². The maximum Gasteiger partial charge on any atom is 0.404 e. The standard InChI is InChI=1S/C16H18N4O3/c1-2-20-9-12(8-17-20)18-15(21)11-5-3-4-10(6-11)13-7-14(13)19-16(22)23/h3-6,8-9,13-14,19H,2,7H2,1H3,(H,18,21)(H,22,23). The molecule has 1 heterocycles. The molecule has 2 aromatic rings. The first-order chi connectivity index (χ1) is 11.1. The van der Waals surface area contributed by atoms with E-state index < -0.39 is 6.09 Å². The second kappa shape index (κ2) is 6.12. The fourth-order valence-electron chi connectivity index (χ4n) is 2.60. The van der Waals surface area contributed by atoms with Crippen LogP contribution in [-0.4, -0.2) is 32.9 Å². The molecule has 23 heavy (non-hydrogen) atoms. The highest BCUT2D eigenvalue weighted by Crippen LogP contribution is 2.40. The van der Waals surface area contributed by atoms with Crippen molar-refractivity contribution in [3.05, 3.63) is 47.8 Å². The van der Waals surface area contributed by atoms with Crippen molar-refractivity contribution in [2.75, 3.05) is 5.32 Å². The Hall–Kier alpha value is -2.83. The van der Waals surface area contributed by atoms with E-state index in [1.807, 2.05) is 25.1 Å². The van der Waals surface area contributed by atoms with Crippen LogP contribution in [0.2, 0.25) is 0 Å². The normalized spacial score (nSPS) is 19.2. The molecule has 1 aliphatic rings. The molecular weight excluding hydrogens is 296 g/mol. The minimum atomic E-state index is -1.01. The van der Waals surface area contributed by atoms with Crippen molar-refractivity contribution in [2.45, 2.75) is 31.8 Å². The number of carboxylic acid groups (broad SMARTS) is 1. The SMILES string of the molecule is CCn1cc(NC(=O)c2cccc(C3CC3NC(=O)O)c2)cn1. The Morgan fingerprint density at radius 3 is 2.96 bits per heavy atom. The summed E-state index contributed by atoms with van der Waals surface area (Å²) in [6.07, 6.45) is 3.13. The second-order valence-electron chi connectivity index (χ2n) is 5.56. The van der Waals surface area contributed by atoms with Gasteiger partial charge in [-0.1, -0.05) is 12.1 Å². The van der Waals surface area contributed by atoms with Gasteiger partial charge in [0.25, 0.3) is 5.91 Å². The first kappa shape index (κ1) is 15.1. The van der Waals surface area contributed by atoms with Crippen LogP contribution in [0, 0.1) is 0 Å². The third-order valence-corrected chi connectivity index (χ3v) is 3.89. The van der Waals surface area contributed by atoms with Crippen molar-refractivity contribution in [1.82, 2.24) is 15.1 Å². The fourth-order valence-corrected chi connectivity index (χ4v) is 2.60. The lowest BCUT2D eigenvalue weighted by molar-refractivity contribution is 0.102. The number of aryl methyl sites for hydroxylation is 1. The Balaban J connectivity index is 1.67. The summed E-state index contributed by atoms with van der Waals surface area (Å²) in [6, 6.07) is 7.23. The summed E-state index contributed by atoms with van der Waals surface area (Å²) in [7, 11) is 0. The van der Waals surface area contributed by atoms with Crippen molar-refractivity contribution >= 4 is 17.7 Å². The number of carbonyl (C=O) groups is 2. The summed E-state index contributed by atoms with van der Waals surface area (Å²) in [4.78, 5) is 23.0. The van der Waals surface area contributed by atoms with Crippen molar-refractivity contribution in [1.29, 1.82) is 0 Å². The smallest absolute Gasteiger partial charge is 0.404 e. The molecule has 0 aliphatic heterocycles. The summed E-state index contributed by atoms with van der Waals surface area (Å²) in [6.45, 7) is 2.71. The highest BCUT2D eigenvalue weighted by atomic mass is 16.4. The molecule has 1 aromatic carbocycles. The molecule has 3 rings (SSSR count). The number of hydrogen-bond donors (Lipinski definition) is 3. The minimum Gasteiger partial charge on any atom is -0.465 e. The lowest BCUT2D eigenvalue weighted by atomic mass is 10.1. The minimum absolute atomic E-state index is 0.0615. The Kier molecular flexibility index (Phi) is 4.01. The van der Waals surface area contributed by atoms with Crippen molar-refractivity contribution in [2.24, 2.45) is 0 Å². The Bertz CT molecular complexity index is 740. The van der Waals surface area contributed by atoms with Crippen molar-refractivity contribution in [3.8, 4) is 0 Å². The predicted molar refractivity (Wildman–Crippen MR) is 84.6 cm³/mol. The first-order valence-electron chi connectivity index (χ1n) is 7.50. The molecule has 0 spiro atoms. The average Bonchev–Trinajstić information content (AvgIpc) is 3.14. The molecule has 1 saturated carbocycles. The molecule has 7 heteroatoms. The van der Waals surface area contributed by atoms with Gasteiger partial charge in [-0.25, -0.2) is 4.79 Å². The van der Waals surface area contributed by atoms with Gasteiger partial charge in [-0.2, -0.15) is 5.10 Å². The van der Waals surface area contributed by atoms with E-state index in [1.165, 1.54) is 0 Å². The Labute approximate surface area is 133 Å². The third-order valence-electron chi connectivity index (χ3n) is 3.89. The van der Waals surface area contributed by atoms with Crippen LogP contribution < -0.4 is 10.6 Å². The molecule has 120 valence electrons. The van der Waals surface area contributed by atoms with E-state index in [9.17, 15) is 9.59 Å². The van der Waals surface area contributed by atoms with E-state index in [-0.39, 0.29) is 17.9 Å². The van der Waals surface area contributed by atoms with Crippen LogP contribution in [0.4, 0.5) is 10.5 Å². The average molecular weight is 314 g/mol. The number of nitrogens with zero attached hydrogens (tertiary/aromatic N) is 2. The van der Waals surface area contributed by atoms with Gasteiger partial charge in [-0.05, 0) is 31.0 Å². The van der Waals surface area contributed by atoms with Crippen LogP contribution in [0.25, 0.3) is 0 Å². The molecule has 1 aliphatic carbocycles. The Morgan fingerprint density at radius 2 is 2.26 bits per heavy atom. The van der Waals surface area contributed by atoms with E-state index in [0.29, 0.717) is 11.3 Å². The monoisotopic (exact) mass is 314 g/mol. The summed E-state index contributed by atoms with van der Waals surface area (Å²) in [5.41, 5.74) is 2.17. The van der Waals surface area contributed by atoms with Gasteiger partial charge in [-0.3, -0.25) is 9.48 Å². The van der Waals surface area contributed by atoms with Gasteiger partial charge >= 0.3 is 6.09 Å². The molecule has 3 N–H and O–H groups in total. The number of hydrogen-bond acceptors (Lipinski definition) is 3. The zero-order chi connectivity index (χ0) is 16.4. The summed E-state index contributed by atoms with van der Waals surface area (Å²) in [5.74, 6) is -0.0624. The van der Waals surface area contributed by atoms with Crippen LogP contribution in [0.1, 0.15) is 35.2 Å². The van der Waals surface area contributed by atoms with E-state index in [2.05, 4.69) is 15.7 Å². The van der Waals surface area contributed by atoms with Gasteiger partial charge in [0.15, 0.2) is 0 Å². The topological polar surface area (TPSA) is 96.2 Å². The fraction of sp³-hybridized carbons (Fsp3) is 0.312. The van der Waals surface area contributed by atoms with E-state index in [0.717, 1.165) is 18.5 Å². The number of rotatable bonds is 5. The maximum absolute atomic E-state index is 12.3. The van der Waals surface area contributed by atoms with Crippen molar-refractivity contribution < 1.29 is 14.7 Å². The molecule has 1 fully saturated rings. The number of amides is 2.